The maximum absolute atomic E-state index is 13.3. The van der Waals surface area contributed by atoms with Gasteiger partial charge in [0, 0.05) is 22.6 Å². The smallest absolute Gasteiger partial charge is 0.242 e. The van der Waals surface area contributed by atoms with E-state index in [0.29, 0.717) is 22.2 Å². The largest absolute Gasteiger partial charge is 0.352 e. The monoisotopic (exact) mass is 434 g/mol. The van der Waals surface area contributed by atoms with Crippen molar-refractivity contribution in [2.45, 2.75) is 59.2 Å². The first-order valence-electron chi connectivity index (χ1n) is 9.81. The van der Waals surface area contributed by atoms with Crippen LogP contribution in [-0.2, 0) is 22.6 Å². The molecule has 0 bridgehead atoms. The van der Waals surface area contributed by atoms with Crippen molar-refractivity contribution in [3.8, 4) is 0 Å². The Hall–Kier alpha value is -2.04. The minimum absolute atomic E-state index is 0.0331. The van der Waals surface area contributed by atoms with E-state index in [-0.39, 0.29) is 24.3 Å². The lowest BCUT2D eigenvalue weighted by molar-refractivity contribution is -0.140. The van der Waals surface area contributed by atoms with Crippen LogP contribution in [0, 0.1) is 6.92 Å². The third-order valence-corrected chi connectivity index (χ3v) is 5.87. The van der Waals surface area contributed by atoms with Crippen LogP contribution in [-0.4, -0.2) is 28.8 Å². The van der Waals surface area contributed by atoms with E-state index in [1.165, 1.54) is 0 Å². The number of hydrogen-bond donors (Lipinski definition) is 1. The fourth-order valence-electron chi connectivity index (χ4n) is 2.97. The molecular weight excluding hydrogens is 407 g/mol. The molecule has 0 saturated heterocycles. The van der Waals surface area contributed by atoms with Crippen molar-refractivity contribution in [3.05, 3.63) is 69.2 Å². The van der Waals surface area contributed by atoms with Crippen molar-refractivity contribution in [3.63, 3.8) is 0 Å². The van der Waals surface area contributed by atoms with Crippen LogP contribution >= 0.6 is 23.2 Å². The highest BCUT2D eigenvalue weighted by Gasteiger charge is 2.28. The summed E-state index contributed by atoms with van der Waals surface area (Å²) in [4.78, 5) is 27.6. The number of aryl methyl sites for hydroxylation is 1. The summed E-state index contributed by atoms with van der Waals surface area (Å²) in [6.07, 6.45) is 0.852. The lowest BCUT2D eigenvalue weighted by Gasteiger charge is -2.30. The van der Waals surface area contributed by atoms with Crippen molar-refractivity contribution in [1.29, 1.82) is 0 Å². The fraction of sp³-hybridized carbons (Fsp3) is 0.391. The number of amides is 2. The van der Waals surface area contributed by atoms with Crippen molar-refractivity contribution in [1.82, 2.24) is 10.2 Å². The predicted octanol–water partition coefficient (Wildman–Crippen LogP) is 5.18. The number of nitrogens with zero attached hydrogens (tertiary/aromatic N) is 1. The third kappa shape index (κ3) is 6.22. The molecule has 0 unspecified atom stereocenters. The van der Waals surface area contributed by atoms with Gasteiger partial charge in [0.05, 0.1) is 6.42 Å². The SMILES string of the molecule is CC[C@H](C)NC(=O)[C@H](C)N(Cc1ccccc1C)C(=O)Cc1c(Cl)cccc1Cl. The summed E-state index contributed by atoms with van der Waals surface area (Å²) in [6, 6.07) is 12.4. The van der Waals surface area contributed by atoms with Crippen LogP contribution < -0.4 is 5.32 Å². The molecule has 0 aliphatic rings. The van der Waals surface area contributed by atoms with E-state index >= 15 is 0 Å². The highest BCUT2D eigenvalue weighted by atomic mass is 35.5. The molecule has 2 aromatic carbocycles. The van der Waals surface area contributed by atoms with Gasteiger partial charge in [0.1, 0.15) is 6.04 Å². The molecule has 0 aliphatic carbocycles. The zero-order valence-corrected chi connectivity index (χ0v) is 18.8. The van der Waals surface area contributed by atoms with Gasteiger partial charge in [-0.15, -0.1) is 0 Å². The Morgan fingerprint density at radius 3 is 2.24 bits per heavy atom. The van der Waals surface area contributed by atoms with Gasteiger partial charge in [0.25, 0.3) is 0 Å². The highest BCUT2D eigenvalue weighted by Crippen LogP contribution is 2.26. The minimum Gasteiger partial charge on any atom is -0.352 e. The summed E-state index contributed by atoms with van der Waals surface area (Å²) in [5.74, 6) is -0.374. The zero-order valence-electron chi connectivity index (χ0n) is 17.3. The first-order chi connectivity index (χ1) is 13.7. The molecule has 0 aromatic heterocycles. The number of rotatable bonds is 8. The van der Waals surface area contributed by atoms with Crippen molar-refractivity contribution < 1.29 is 9.59 Å². The molecule has 0 heterocycles. The fourth-order valence-corrected chi connectivity index (χ4v) is 3.50. The maximum Gasteiger partial charge on any atom is 0.242 e. The Balaban J connectivity index is 2.31. The third-order valence-electron chi connectivity index (χ3n) is 5.16. The Morgan fingerprint density at radius 2 is 1.66 bits per heavy atom. The molecule has 0 fully saturated rings. The molecule has 2 amide bonds. The highest BCUT2D eigenvalue weighted by molar-refractivity contribution is 6.36. The van der Waals surface area contributed by atoms with E-state index in [1.807, 2.05) is 45.0 Å². The lowest BCUT2D eigenvalue weighted by atomic mass is 10.1. The molecular formula is C23H28Cl2N2O2. The maximum atomic E-state index is 13.3. The molecule has 0 aliphatic heterocycles. The van der Waals surface area contributed by atoms with Gasteiger partial charge in [0.2, 0.25) is 11.8 Å². The number of halogens is 2. The van der Waals surface area contributed by atoms with Crippen LogP contribution in [0.25, 0.3) is 0 Å². The molecule has 0 spiro atoms. The number of carbonyl (C=O) groups excluding carboxylic acids is 2. The number of hydrogen-bond acceptors (Lipinski definition) is 2. The summed E-state index contributed by atoms with van der Waals surface area (Å²) in [5, 5.41) is 3.85. The van der Waals surface area contributed by atoms with Crippen molar-refractivity contribution in [2.75, 3.05) is 0 Å². The summed E-state index contributed by atoms with van der Waals surface area (Å²) >= 11 is 12.5. The van der Waals surface area contributed by atoms with E-state index < -0.39 is 6.04 Å². The van der Waals surface area contributed by atoms with E-state index in [9.17, 15) is 9.59 Å². The van der Waals surface area contributed by atoms with E-state index in [2.05, 4.69) is 5.32 Å². The second kappa shape index (κ2) is 10.7. The standard InChI is InChI=1S/C23H28Cl2N2O2/c1-5-16(3)26-23(29)17(4)27(14-18-10-7-6-9-15(18)2)22(28)13-19-20(24)11-8-12-21(19)25/h6-12,16-17H,5,13-14H2,1-4H3,(H,26,29)/t16-,17-/m0/s1. The van der Waals surface area contributed by atoms with Gasteiger partial charge in [0.15, 0.2) is 0 Å². The van der Waals surface area contributed by atoms with E-state index in [4.69, 9.17) is 23.2 Å². The minimum atomic E-state index is -0.627. The molecule has 2 rings (SSSR count). The molecule has 6 heteroatoms. The molecule has 0 saturated carbocycles. The van der Waals surface area contributed by atoms with E-state index in [0.717, 1.165) is 17.5 Å². The lowest BCUT2D eigenvalue weighted by Crippen LogP contribution is -2.50. The predicted molar refractivity (Wildman–Crippen MR) is 119 cm³/mol. The van der Waals surface area contributed by atoms with Gasteiger partial charge in [-0.05, 0) is 56.0 Å². The Bertz CT molecular complexity index is 849. The number of nitrogens with one attached hydrogen (secondary N) is 1. The average Bonchev–Trinajstić information content (AvgIpc) is 2.69. The van der Waals surface area contributed by atoms with E-state index in [1.54, 1.807) is 30.0 Å². The van der Waals surface area contributed by atoms with Crippen molar-refractivity contribution in [2.24, 2.45) is 0 Å². The summed E-state index contributed by atoms with van der Waals surface area (Å²) < 4.78 is 0. The van der Waals surface area contributed by atoms with Gasteiger partial charge in [-0.1, -0.05) is 60.5 Å². The normalized spacial score (nSPS) is 12.9. The van der Waals surface area contributed by atoms with Crippen LogP contribution in [0.15, 0.2) is 42.5 Å². The average molecular weight is 435 g/mol. The zero-order chi connectivity index (χ0) is 21.6. The number of benzene rings is 2. The van der Waals surface area contributed by atoms with Gasteiger partial charge in [-0.3, -0.25) is 9.59 Å². The second-order valence-electron chi connectivity index (χ2n) is 7.32. The van der Waals surface area contributed by atoms with Crippen LogP contribution in [0.4, 0.5) is 0 Å². The topological polar surface area (TPSA) is 49.4 Å². The number of carbonyl (C=O) groups is 2. The van der Waals surface area contributed by atoms with Gasteiger partial charge < -0.3 is 10.2 Å². The van der Waals surface area contributed by atoms with Crippen LogP contribution in [0.5, 0.6) is 0 Å². The first kappa shape index (κ1) is 23.2. The second-order valence-corrected chi connectivity index (χ2v) is 8.13. The molecule has 0 radical (unpaired) electrons. The summed E-state index contributed by atoms with van der Waals surface area (Å²) in [6.45, 7) is 8.03. The summed E-state index contributed by atoms with van der Waals surface area (Å²) in [5.41, 5.74) is 2.63. The molecule has 29 heavy (non-hydrogen) atoms. The quantitative estimate of drug-likeness (QED) is 0.622. The Labute approximate surface area is 183 Å². The van der Waals surface area contributed by atoms with Gasteiger partial charge in [-0.2, -0.15) is 0 Å². The molecule has 156 valence electrons. The first-order valence-corrected chi connectivity index (χ1v) is 10.6. The van der Waals surface area contributed by atoms with Crippen molar-refractivity contribution >= 4 is 35.0 Å². The molecule has 4 nitrogen and oxygen atoms in total. The summed E-state index contributed by atoms with van der Waals surface area (Å²) in [7, 11) is 0. The van der Waals surface area contributed by atoms with Crippen LogP contribution in [0.2, 0.25) is 10.0 Å². The molecule has 2 atom stereocenters. The Morgan fingerprint density at radius 1 is 1.03 bits per heavy atom. The molecule has 1 N–H and O–H groups in total. The molecule has 2 aromatic rings. The van der Waals surface area contributed by atoms with Gasteiger partial charge in [-0.25, -0.2) is 0 Å². The Kier molecular flexibility index (Phi) is 8.54. The van der Waals surface area contributed by atoms with Crippen LogP contribution in [0.3, 0.4) is 0 Å². The van der Waals surface area contributed by atoms with Crippen LogP contribution in [0.1, 0.15) is 43.9 Å². The van der Waals surface area contributed by atoms with Gasteiger partial charge >= 0.3 is 0 Å².